The van der Waals surface area contributed by atoms with Crippen molar-refractivity contribution in [2.45, 2.75) is 27.3 Å². The van der Waals surface area contributed by atoms with E-state index in [0.717, 1.165) is 22.1 Å². The highest BCUT2D eigenvalue weighted by atomic mass is 35.5. The quantitative estimate of drug-likeness (QED) is 0.292. The Bertz CT molecular complexity index is 1330. The molecule has 1 aliphatic heterocycles. The summed E-state index contributed by atoms with van der Waals surface area (Å²) in [6.45, 7) is 5.01. The minimum Gasteiger partial charge on any atom is -0.274 e. The van der Waals surface area contributed by atoms with Gasteiger partial charge in [-0.15, -0.1) is 11.3 Å². The fourth-order valence-electron chi connectivity index (χ4n) is 3.75. The highest BCUT2D eigenvalue weighted by Gasteiger charge is 2.37. The molecule has 0 unspecified atom stereocenters. The highest BCUT2D eigenvalue weighted by Crippen LogP contribution is 2.38. The summed E-state index contributed by atoms with van der Waals surface area (Å²) < 4.78 is 0. The van der Waals surface area contributed by atoms with E-state index in [1.165, 1.54) is 35.3 Å². The van der Waals surface area contributed by atoms with E-state index in [1.807, 2.05) is 19.9 Å². The summed E-state index contributed by atoms with van der Waals surface area (Å²) in [4.78, 5) is 55.2. The lowest BCUT2D eigenvalue weighted by Gasteiger charge is -2.22. The van der Waals surface area contributed by atoms with Gasteiger partial charge in [0.25, 0.3) is 17.5 Å². The van der Waals surface area contributed by atoms with Crippen LogP contribution in [0.3, 0.4) is 0 Å². The number of carbonyl (C=O) groups excluding carboxylic acids is 3. The van der Waals surface area contributed by atoms with Gasteiger partial charge in [-0.3, -0.25) is 34.3 Å². The van der Waals surface area contributed by atoms with Gasteiger partial charge < -0.3 is 0 Å². The number of carbonyl (C=O) groups is 3. The Morgan fingerprint density at radius 3 is 2.52 bits per heavy atom. The average Bonchev–Trinajstić information content (AvgIpc) is 3.28. The van der Waals surface area contributed by atoms with E-state index >= 15 is 0 Å². The second kappa shape index (κ2) is 8.38. The Balaban J connectivity index is 1.64. The van der Waals surface area contributed by atoms with Crippen LogP contribution in [0.5, 0.6) is 0 Å². The number of non-ortho nitro benzene ring substituents is 1. The van der Waals surface area contributed by atoms with Crippen LogP contribution >= 0.6 is 22.9 Å². The summed E-state index contributed by atoms with van der Waals surface area (Å²) in [7, 11) is 0. The Kier molecular flexibility index (Phi) is 5.73. The fraction of sp³-hybridized carbons (Fsp3) is 0.182. The van der Waals surface area contributed by atoms with Crippen LogP contribution in [-0.2, 0) is 11.3 Å². The van der Waals surface area contributed by atoms with Gasteiger partial charge in [0.15, 0.2) is 5.13 Å². The van der Waals surface area contributed by atoms with Crippen molar-refractivity contribution in [1.82, 2.24) is 9.88 Å². The number of nitro benzene ring substituents is 1. The lowest BCUT2D eigenvalue weighted by Crippen LogP contribution is -2.29. The maximum atomic E-state index is 12.8. The number of thiazole rings is 1. The second-order valence-corrected chi connectivity index (χ2v) is 8.82. The standard InChI is InChI=1S/C22H17ClN4O5S/c1-11-6-12(2)19(18(23)7-11)26(13(3)28)22-24-14(10-33-22)9-25-20(29)16-5-4-15(27(31)32)8-17(16)21(25)30/h4-8,10H,9H2,1-3H3. The number of aryl methyl sites for hydroxylation is 2. The van der Waals surface area contributed by atoms with Gasteiger partial charge >= 0.3 is 0 Å². The summed E-state index contributed by atoms with van der Waals surface area (Å²) in [6, 6.07) is 7.23. The number of hydrogen-bond donors (Lipinski definition) is 0. The molecular weight excluding hydrogens is 468 g/mol. The summed E-state index contributed by atoms with van der Waals surface area (Å²) in [5.41, 5.74) is 2.49. The van der Waals surface area contributed by atoms with Crippen LogP contribution in [0.15, 0.2) is 35.7 Å². The molecule has 1 aromatic heterocycles. The summed E-state index contributed by atoms with van der Waals surface area (Å²) in [6.07, 6.45) is 0. The lowest BCUT2D eigenvalue weighted by atomic mass is 10.1. The van der Waals surface area contributed by atoms with Gasteiger partial charge in [0.05, 0.1) is 39.0 Å². The zero-order valence-corrected chi connectivity index (χ0v) is 19.4. The SMILES string of the molecule is CC(=O)N(c1nc(CN2C(=O)c3ccc([N+](=O)[O-])cc3C2=O)cs1)c1c(C)cc(C)cc1Cl. The third-order valence-electron chi connectivity index (χ3n) is 5.15. The molecule has 0 fully saturated rings. The molecule has 3 amide bonds. The molecule has 3 aromatic rings. The maximum Gasteiger partial charge on any atom is 0.270 e. The molecule has 2 aromatic carbocycles. The monoisotopic (exact) mass is 484 g/mol. The molecule has 11 heteroatoms. The summed E-state index contributed by atoms with van der Waals surface area (Å²) in [5, 5.41) is 13.4. The molecule has 0 aliphatic carbocycles. The van der Waals surface area contributed by atoms with Crippen LogP contribution in [0, 0.1) is 24.0 Å². The molecule has 0 saturated carbocycles. The molecule has 1 aliphatic rings. The van der Waals surface area contributed by atoms with Crippen LogP contribution < -0.4 is 4.90 Å². The van der Waals surface area contributed by atoms with E-state index in [-0.39, 0.29) is 29.3 Å². The normalized spacial score (nSPS) is 12.8. The smallest absolute Gasteiger partial charge is 0.270 e. The molecule has 0 radical (unpaired) electrons. The van der Waals surface area contributed by atoms with E-state index < -0.39 is 16.7 Å². The zero-order valence-electron chi connectivity index (χ0n) is 17.8. The fourth-order valence-corrected chi connectivity index (χ4v) is 5.02. The number of rotatable bonds is 5. The third kappa shape index (κ3) is 3.98. The van der Waals surface area contributed by atoms with Gasteiger partial charge in [0, 0.05) is 24.4 Å². The number of benzene rings is 2. The Labute approximate surface area is 197 Å². The van der Waals surface area contributed by atoms with Crippen molar-refractivity contribution >= 4 is 57.2 Å². The first-order valence-electron chi connectivity index (χ1n) is 9.75. The first kappa shape index (κ1) is 22.6. The number of amides is 3. The number of aromatic nitrogens is 1. The van der Waals surface area contributed by atoms with Gasteiger partial charge in [-0.25, -0.2) is 4.98 Å². The molecule has 9 nitrogen and oxygen atoms in total. The van der Waals surface area contributed by atoms with E-state index in [9.17, 15) is 24.5 Å². The largest absolute Gasteiger partial charge is 0.274 e. The van der Waals surface area contributed by atoms with Crippen LogP contribution in [0.2, 0.25) is 5.02 Å². The average molecular weight is 485 g/mol. The number of nitro groups is 1. The van der Waals surface area contributed by atoms with E-state index in [2.05, 4.69) is 4.98 Å². The molecule has 0 spiro atoms. The Morgan fingerprint density at radius 2 is 1.88 bits per heavy atom. The van der Waals surface area contributed by atoms with Gasteiger partial charge in [0.2, 0.25) is 5.91 Å². The Hall–Kier alpha value is -3.63. The molecule has 0 N–H and O–H groups in total. The van der Waals surface area contributed by atoms with Crippen molar-refractivity contribution < 1.29 is 19.3 Å². The highest BCUT2D eigenvalue weighted by molar-refractivity contribution is 7.14. The van der Waals surface area contributed by atoms with Gasteiger partial charge in [-0.2, -0.15) is 0 Å². The van der Waals surface area contributed by atoms with Gasteiger partial charge in [-0.1, -0.05) is 17.7 Å². The van der Waals surface area contributed by atoms with Crippen molar-refractivity contribution in [3.05, 3.63) is 78.8 Å². The molecular formula is C22H17ClN4O5S. The zero-order chi connectivity index (χ0) is 24.0. The maximum absolute atomic E-state index is 12.8. The van der Waals surface area contributed by atoms with Crippen molar-refractivity contribution in [1.29, 1.82) is 0 Å². The predicted octanol–water partition coefficient (Wildman–Crippen LogP) is 4.80. The molecule has 2 heterocycles. The molecule has 0 atom stereocenters. The van der Waals surface area contributed by atoms with Crippen LogP contribution in [0.25, 0.3) is 0 Å². The third-order valence-corrected chi connectivity index (χ3v) is 6.32. The van der Waals surface area contributed by atoms with E-state index in [1.54, 1.807) is 11.4 Å². The summed E-state index contributed by atoms with van der Waals surface area (Å²) >= 11 is 7.61. The number of halogens is 1. The van der Waals surface area contributed by atoms with Crippen molar-refractivity contribution in [3.63, 3.8) is 0 Å². The summed E-state index contributed by atoms with van der Waals surface area (Å²) in [5.74, 6) is -1.48. The Morgan fingerprint density at radius 1 is 1.18 bits per heavy atom. The van der Waals surface area contributed by atoms with Gasteiger partial charge in [-0.05, 0) is 37.1 Å². The topological polar surface area (TPSA) is 114 Å². The molecule has 4 rings (SSSR count). The number of nitrogens with zero attached hydrogens (tertiary/aromatic N) is 4. The minimum absolute atomic E-state index is 0.0166. The minimum atomic E-state index is -0.630. The van der Waals surface area contributed by atoms with Crippen molar-refractivity contribution in [2.24, 2.45) is 0 Å². The number of anilines is 2. The molecule has 0 saturated heterocycles. The predicted molar refractivity (Wildman–Crippen MR) is 123 cm³/mol. The van der Waals surface area contributed by atoms with Gasteiger partial charge in [0.1, 0.15) is 0 Å². The molecule has 168 valence electrons. The van der Waals surface area contributed by atoms with E-state index in [0.29, 0.717) is 21.5 Å². The van der Waals surface area contributed by atoms with Crippen molar-refractivity contribution in [3.8, 4) is 0 Å². The molecule has 0 bridgehead atoms. The number of fused-ring (bicyclic) bond motifs is 1. The van der Waals surface area contributed by atoms with Crippen LogP contribution in [0.4, 0.5) is 16.5 Å². The molecule has 33 heavy (non-hydrogen) atoms. The van der Waals surface area contributed by atoms with E-state index in [4.69, 9.17) is 11.6 Å². The number of hydrogen-bond acceptors (Lipinski definition) is 7. The van der Waals surface area contributed by atoms with Crippen LogP contribution in [-0.4, -0.2) is 32.5 Å². The second-order valence-electron chi connectivity index (χ2n) is 7.57. The van der Waals surface area contributed by atoms with Crippen LogP contribution in [0.1, 0.15) is 44.5 Å². The lowest BCUT2D eigenvalue weighted by molar-refractivity contribution is -0.384. The first-order chi connectivity index (χ1) is 15.6. The van der Waals surface area contributed by atoms with Crippen molar-refractivity contribution in [2.75, 3.05) is 4.90 Å². The first-order valence-corrected chi connectivity index (χ1v) is 11.0. The number of imide groups is 1.